The number of hydrogen-bond acceptors (Lipinski definition) is 8. The fraction of sp³-hybridized carbons (Fsp3) is 0.323. The van der Waals surface area contributed by atoms with Crippen molar-refractivity contribution in [3.05, 3.63) is 88.1 Å². The molecule has 1 aliphatic rings. The molecule has 4 aromatic rings. The predicted octanol–water partition coefficient (Wildman–Crippen LogP) is 4.76. The summed E-state index contributed by atoms with van der Waals surface area (Å²) in [6, 6.07) is 18.2. The molecule has 1 saturated heterocycles. The first-order chi connectivity index (χ1) is 20.1. The summed E-state index contributed by atoms with van der Waals surface area (Å²) in [6.45, 7) is 10.3. The van der Waals surface area contributed by atoms with Crippen LogP contribution in [0, 0.1) is 10.1 Å². The summed E-state index contributed by atoms with van der Waals surface area (Å²) < 4.78 is 13.0. The summed E-state index contributed by atoms with van der Waals surface area (Å²) in [5.74, 6) is -0.620. The number of carbonyl (C=O) groups is 2. The van der Waals surface area contributed by atoms with Crippen LogP contribution in [0.1, 0.15) is 36.8 Å². The molecule has 0 bridgehead atoms. The fourth-order valence-electron chi connectivity index (χ4n) is 4.75. The normalized spacial score (nSPS) is 14.1. The van der Waals surface area contributed by atoms with E-state index in [9.17, 15) is 19.7 Å². The quantitative estimate of drug-likeness (QED) is 0.132. The minimum Gasteiger partial charge on any atom is -0.492 e. The van der Waals surface area contributed by atoms with Gasteiger partial charge in [0.1, 0.15) is 18.2 Å². The molecule has 0 atom stereocenters. The standard InChI is InChI=1S/C31H33N5O6/c1-31(2,3)27-20-28(35(33-27)21-8-10-22(11-9-21)36(39)40)32-30(38)29(37)25-12-13-26(24-7-5-4-6-23(24)25)42-19-16-34-14-17-41-18-15-34/h4-13,20H,14-19H2,1-3H3,(H,32,38). The Kier molecular flexibility index (Phi) is 8.32. The topological polar surface area (TPSA) is 129 Å². The van der Waals surface area contributed by atoms with E-state index in [4.69, 9.17) is 9.47 Å². The Morgan fingerprint density at radius 3 is 2.38 bits per heavy atom. The number of rotatable bonds is 9. The maximum absolute atomic E-state index is 13.5. The van der Waals surface area contributed by atoms with Gasteiger partial charge in [-0.1, -0.05) is 45.0 Å². The maximum Gasteiger partial charge on any atom is 0.297 e. The van der Waals surface area contributed by atoms with E-state index in [2.05, 4.69) is 15.3 Å². The molecule has 0 spiro atoms. The number of anilines is 1. The van der Waals surface area contributed by atoms with Crippen molar-refractivity contribution >= 4 is 34.0 Å². The Bertz CT molecular complexity index is 1620. The Hall–Kier alpha value is -4.61. The number of Topliss-reactive ketones (excluding diaryl/α,β-unsaturated/α-hetero) is 1. The minimum absolute atomic E-state index is 0.0666. The number of amides is 1. The second kappa shape index (κ2) is 12.1. The highest BCUT2D eigenvalue weighted by atomic mass is 16.6. The molecule has 11 heteroatoms. The molecule has 0 unspecified atom stereocenters. The first kappa shape index (κ1) is 28.9. The second-order valence-electron chi connectivity index (χ2n) is 11.1. The number of nitro groups is 1. The molecular formula is C31H33N5O6. The van der Waals surface area contributed by atoms with Crippen molar-refractivity contribution in [2.75, 3.05) is 44.8 Å². The second-order valence-corrected chi connectivity index (χ2v) is 11.1. The van der Waals surface area contributed by atoms with Gasteiger partial charge in [-0.05, 0) is 29.7 Å². The molecule has 0 radical (unpaired) electrons. The summed E-state index contributed by atoms with van der Waals surface area (Å²) in [5.41, 5.74) is 1.00. The summed E-state index contributed by atoms with van der Waals surface area (Å²) >= 11 is 0. The van der Waals surface area contributed by atoms with Gasteiger partial charge in [0.2, 0.25) is 0 Å². The molecule has 42 heavy (non-hydrogen) atoms. The highest BCUT2D eigenvalue weighted by Gasteiger charge is 2.25. The molecule has 1 N–H and O–H groups in total. The van der Waals surface area contributed by atoms with Gasteiger partial charge in [0.05, 0.1) is 29.5 Å². The average molecular weight is 572 g/mol. The van der Waals surface area contributed by atoms with E-state index in [1.54, 1.807) is 36.4 Å². The number of hydrogen-bond donors (Lipinski definition) is 1. The van der Waals surface area contributed by atoms with Crippen LogP contribution in [-0.4, -0.2) is 70.7 Å². The van der Waals surface area contributed by atoms with Crippen molar-refractivity contribution in [1.29, 1.82) is 0 Å². The smallest absolute Gasteiger partial charge is 0.297 e. The zero-order valence-electron chi connectivity index (χ0n) is 23.8. The lowest BCUT2D eigenvalue weighted by Gasteiger charge is -2.26. The minimum atomic E-state index is -0.829. The molecule has 5 rings (SSSR count). The van der Waals surface area contributed by atoms with E-state index in [0.29, 0.717) is 42.3 Å². The van der Waals surface area contributed by atoms with Gasteiger partial charge in [-0.15, -0.1) is 0 Å². The van der Waals surface area contributed by atoms with Gasteiger partial charge in [-0.3, -0.25) is 24.6 Å². The Labute approximate surface area is 243 Å². The molecule has 3 aromatic carbocycles. The first-order valence-electron chi connectivity index (χ1n) is 13.8. The summed E-state index contributed by atoms with van der Waals surface area (Å²) in [6.07, 6.45) is 0. The number of benzene rings is 3. The SMILES string of the molecule is CC(C)(C)c1cc(NC(=O)C(=O)c2ccc(OCCN3CCOCC3)c3ccccc23)n(-c2ccc([N+](=O)[O-])cc2)n1. The van der Waals surface area contributed by atoms with Crippen LogP contribution in [-0.2, 0) is 14.9 Å². The van der Waals surface area contributed by atoms with Gasteiger partial charge in [0.15, 0.2) is 0 Å². The van der Waals surface area contributed by atoms with E-state index < -0.39 is 16.6 Å². The van der Waals surface area contributed by atoms with Crippen molar-refractivity contribution < 1.29 is 24.0 Å². The molecule has 11 nitrogen and oxygen atoms in total. The molecule has 0 aliphatic carbocycles. The number of ether oxygens (including phenoxy) is 2. The number of fused-ring (bicyclic) bond motifs is 1. The largest absolute Gasteiger partial charge is 0.492 e. The highest BCUT2D eigenvalue weighted by molar-refractivity contribution is 6.48. The molecule has 0 saturated carbocycles. The number of morpholine rings is 1. The third kappa shape index (κ3) is 6.32. The molecule has 1 aliphatic heterocycles. The van der Waals surface area contributed by atoms with Crippen molar-refractivity contribution in [3.8, 4) is 11.4 Å². The number of carbonyl (C=O) groups excluding carboxylic acids is 2. The lowest BCUT2D eigenvalue weighted by molar-refractivity contribution is -0.384. The summed E-state index contributed by atoms with van der Waals surface area (Å²) in [5, 5.41) is 19.8. The molecule has 2 heterocycles. The van der Waals surface area contributed by atoms with Crippen LogP contribution in [0.15, 0.2) is 66.7 Å². The monoisotopic (exact) mass is 571 g/mol. The molecule has 1 fully saturated rings. The van der Waals surface area contributed by atoms with Gasteiger partial charge < -0.3 is 14.8 Å². The van der Waals surface area contributed by atoms with E-state index in [-0.39, 0.29) is 22.5 Å². The van der Waals surface area contributed by atoms with Crippen LogP contribution in [0.25, 0.3) is 16.5 Å². The van der Waals surface area contributed by atoms with Crippen LogP contribution in [0.5, 0.6) is 5.75 Å². The lowest BCUT2D eigenvalue weighted by Crippen LogP contribution is -2.38. The van der Waals surface area contributed by atoms with Gasteiger partial charge in [0.25, 0.3) is 17.4 Å². The Morgan fingerprint density at radius 1 is 1.02 bits per heavy atom. The molecular weight excluding hydrogens is 538 g/mol. The molecule has 1 amide bonds. The van der Waals surface area contributed by atoms with E-state index in [1.165, 1.54) is 16.8 Å². The third-order valence-corrected chi connectivity index (χ3v) is 7.13. The van der Waals surface area contributed by atoms with Crippen LogP contribution in [0.4, 0.5) is 11.5 Å². The number of ketones is 1. The van der Waals surface area contributed by atoms with Gasteiger partial charge >= 0.3 is 0 Å². The Balaban J connectivity index is 1.38. The summed E-state index contributed by atoms with van der Waals surface area (Å²) in [4.78, 5) is 39.7. The number of nitro benzene ring substituents is 1. The third-order valence-electron chi connectivity index (χ3n) is 7.13. The van der Waals surface area contributed by atoms with E-state index in [0.717, 1.165) is 25.0 Å². The lowest BCUT2D eigenvalue weighted by atomic mass is 9.92. The van der Waals surface area contributed by atoms with Crippen LogP contribution in [0.2, 0.25) is 0 Å². The van der Waals surface area contributed by atoms with E-state index in [1.807, 2.05) is 39.0 Å². The molecule has 218 valence electrons. The highest BCUT2D eigenvalue weighted by Crippen LogP contribution is 2.30. The molecule has 1 aromatic heterocycles. The number of nitrogens with zero attached hydrogens (tertiary/aromatic N) is 4. The zero-order chi connectivity index (χ0) is 29.9. The van der Waals surface area contributed by atoms with Crippen LogP contribution < -0.4 is 10.1 Å². The van der Waals surface area contributed by atoms with Crippen molar-refractivity contribution in [2.45, 2.75) is 26.2 Å². The average Bonchev–Trinajstić information content (AvgIpc) is 3.42. The Morgan fingerprint density at radius 2 is 1.71 bits per heavy atom. The van der Waals surface area contributed by atoms with E-state index >= 15 is 0 Å². The van der Waals surface area contributed by atoms with Gasteiger partial charge in [0, 0.05) is 54.2 Å². The van der Waals surface area contributed by atoms with Gasteiger partial charge in [-0.2, -0.15) is 5.10 Å². The number of aromatic nitrogens is 2. The number of nitrogens with one attached hydrogen (secondary N) is 1. The predicted molar refractivity (Wildman–Crippen MR) is 159 cm³/mol. The van der Waals surface area contributed by atoms with Crippen LogP contribution >= 0.6 is 0 Å². The summed E-state index contributed by atoms with van der Waals surface area (Å²) in [7, 11) is 0. The number of non-ortho nitro benzene ring substituents is 1. The van der Waals surface area contributed by atoms with Crippen molar-refractivity contribution in [3.63, 3.8) is 0 Å². The van der Waals surface area contributed by atoms with Crippen molar-refractivity contribution in [1.82, 2.24) is 14.7 Å². The van der Waals surface area contributed by atoms with Crippen LogP contribution in [0.3, 0.4) is 0 Å². The fourth-order valence-corrected chi connectivity index (χ4v) is 4.75. The van der Waals surface area contributed by atoms with Crippen molar-refractivity contribution in [2.24, 2.45) is 0 Å². The van der Waals surface area contributed by atoms with Gasteiger partial charge in [-0.25, -0.2) is 4.68 Å². The maximum atomic E-state index is 13.5. The zero-order valence-corrected chi connectivity index (χ0v) is 23.8. The first-order valence-corrected chi connectivity index (χ1v) is 13.8.